The maximum Gasteiger partial charge on any atom is 0.213 e. The first-order valence-electron chi connectivity index (χ1n) is 5.72. The summed E-state index contributed by atoms with van der Waals surface area (Å²) in [6.07, 6.45) is 1.73. The van der Waals surface area contributed by atoms with E-state index in [1.807, 2.05) is 32.0 Å². The van der Waals surface area contributed by atoms with Crippen LogP contribution in [0.15, 0.2) is 24.4 Å². The number of rotatable bonds is 4. The third kappa shape index (κ3) is 3.16. The number of nitrogens with zero attached hydrogens (tertiary/aromatic N) is 3. The zero-order valence-electron chi connectivity index (χ0n) is 10.8. The first kappa shape index (κ1) is 12.3. The maximum absolute atomic E-state index is 5.08. The standard InChI is InChI=1S/C13H16N4O/c1-9-6-12(17-10(2)16-9)15-8-11-4-5-14-13(7-11)18-3/h4-7H,8H2,1-3H3,(H,15,16,17). The number of hydrogen-bond acceptors (Lipinski definition) is 5. The van der Waals surface area contributed by atoms with Crippen molar-refractivity contribution in [2.45, 2.75) is 20.4 Å². The van der Waals surface area contributed by atoms with E-state index < -0.39 is 0 Å². The molecule has 2 rings (SSSR count). The molecule has 1 N–H and O–H groups in total. The van der Waals surface area contributed by atoms with Gasteiger partial charge in [-0.05, 0) is 25.5 Å². The Labute approximate surface area is 106 Å². The minimum absolute atomic E-state index is 0.615. The Kier molecular flexibility index (Phi) is 3.72. The molecule has 0 aromatic carbocycles. The molecule has 0 amide bonds. The van der Waals surface area contributed by atoms with Gasteiger partial charge >= 0.3 is 0 Å². The van der Waals surface area contributed by atoms with E-state index >= 15 is 0 Å². The largest absolute Gasteiger partial charge is 0.481 e. The second-order valence-corrected chi connectivity index (χ2v) is 4.00. The van der Waals surface area contributed by atoms with E-state index in [0.29, 0.717) is 12.4 Å². The highest BCUT2D eigenvalue weighted by atomic mass is 16.5. The molecule has 0 atom stereocenters. The van der Waals surface area contributed by atoms with Crippen LogP contribution in [0.1, 0.15) is 17.1 Å². The molecule has 0 fully saturated rings. The predicted molar refractivity (Wildman–Crippen MR) is 69.6 cm³/mol. The van der Waals surface area contributed by atoms with Gasteiger partial charge in [-0.1, -0.05) is 0 Å². The van der Waals surface area contributed by atoms with Gasteiger partial charge in [0.15, 0.2) is 0 Å². The smallest absolute Gasteiger partial charge is 0.213 e. The molecule has 5 nitrogen and oxygen atoms in total. The van der Waals surface area contributed by atoms with E-state index in [1.165, 1.54) is 0 Å². The third-order valence-corrected chi connectivity index (χ3v) is 2.45. The van der Waals surface area contributed by atoms with E-state index in [2.05, 4.69) is 20.3 Å². The van der Waals surface area contributed by atoms with Crippen LogP contribution in [0.3, 0.4) is 0 Å². The van der Waals surface area contributed by atoms with Crippen LogP contribution in [0, 0.1) is 13.8 Å². The van der Waals surface area contributed by atoms with Gasteiger partial charge in [-0.2, -0.15) is 0 Å². The molecule has 0 saturated heterocycles. The summed E-state index contributed by atoms with van der Waals surface area (Å²) in [6, 6.07) is 5.76. The number of pyridine rings is 1. The highest BCUT2D eigenvalue weighted by molar-refractivity contribution is 5.37. The summed E-state index contributed by atoms with van der Waals surface area (Å²) in [5, 5.41) is 3.26. The van der Waals surface area contributed by atoms with Crippen molar-refractivity contribution in [1.82, 2.24) is 15.0 Å². The lowest BCUT2D eigenvalue weighted by Crippen LogP contribution is -2.04. The average molecular weight is 244 g/mol. The van der Waals surface area contributed by atoms with Crippen LogP contribution >= 0.6 is 0 Å². The van der Waals surface area contributed by atoms with E-state index in [4.69, 9.17) is 4.74 Å². The normalized spacial score (nSPS) is 10.2. The third-order valence-electron chi connectivity index (χ3n) is 2.45. The number of aromatic nitrogens is 3. The van der Waals surface area contributed by atoms with Gasteiger partial charge < -0.3 is 10.1 Å². The molecule has 18 heavy (non-hydrogen) atoms. The molecule has 2 heterocycles. The van der Waals surface area contributed by atoms with Gasteiger partial charge in [0.25, 0.3) is 0 Å². The average Bonchev–Trinajstić information content (AvgIpc) is 2.35. The Bertz CT molecular complexity index is 522. The van der Waals surface area contributed by atoms with Gasteiger partial charge in [0.05, 0.1) is 7.11 Å². The van der Waals surface area contributed by atoms with Crippen LogP contribution in [0.25, 0.3) is 0 Å². The number of aryl methyl sites for hydroxylation is 2. The number of ether oxygens (including phenoxy) is 1. The van der Waals surface area contributed by atoms with Crippen molar-refractivity contribution >= 4 is 5.82 Å². The molecular formula is C13H16N4O. The molecule has 0 bridgehead atoms. The van der Waals surface area contributed by atoms with Crippen LogP contribution in [0.2, 0.25) is 0 Å². The van der Waals surface area contributed by atoms with Crippen LogP contribution in [0.4, 0.5) is 5.82 Å². The van der Waals surface area contributed by atoms with E-state index in [-0.39, 0.29) is 0 Å². The van der Waals surface area contributed by atoms with Crippen molar-refractivity contribution in [2.75, 3.05) is 12.4 Å². The zero-order chi connectivity index (χ0) is 13.0. The van der Waals surface area contributed by atoms with E-state index in [9.17, 15) is 0 Å². The second kappa shape index (κ2) is 5.44. The Morgan fingerprint density at radius 1 is 1.22 bits per heavy atom. The van der Waals surface area contributed by atoms with Crippen molar-refractivity contribution < 1.29 is 4.74 Å². The monoisotopic (exact) mass is 244 g/mol. The summed E-state index contributed by atoms with van der Waals surface area (Å²) >= 11 is 0. The molecule has 0 unspecified atom stereocenters. The van der Waals surface area contributed by atoms with Crippen LogP contribution in [-0.2, 0) is 6.54 Å². The molecule has 0 aliphatic heterocycles. The summed E-state index contributed by atoms with van der Waals surface area (Å²) in [5.41, 5.74) is 2.05. The number of methoxy groups -OCH3 is 1. The first-order chi connectivity index (χ1) is 8.67. The van der Waals surface area contributed by atoms with Gasteiger partial charge in [0.1, 0.15) is 11.6 Å². The van der Waals surface area contributed by atoms with Crippen molar-refractivity contribution in [1.29, 1.82) is 0 Å². The molecule has 0 aliphatic carbocycles. The van der Waals surface area contributed by atoms with Crippen molar-refractivity contribution in [3.05, 3.63) is 41.5 Å². The Morgan fingerprint density at radius 2 is 2.06 bits per heavy atom. The molecular weight excluding hydrogens is 228 g/mol. The Balaban J connectivity index is 2.06. The van der Waals surface area contributed by atoms with Gasteiger partial charge in [-0.3, -0.25) is 0 Å². The molecule has 94 valence electrons. The van der Waals surface area contributed by atoms with Gasteiger partial charge in [-0.25, -0.2) is 15.0 Å². The fraction of sp³-hybridized carbons (Fsp3) is 0.308. The Morgan fingerprint density at radius 3 is 2.78 bits per heavy atom. The fourth-order valence-electron chi connectivity index (χ4n) is 1.67. The summed E-state index contributed by atoms with van der Waals surface area (Å²) in [5.74, 6) is 2.21. The summed E-state index contributed by atoms with van der Waals surface area (Å²) in [6.45, 7) is 4.51. The lowest BCUT2D eigenvalue weighted by atomic mass is 10.2. The topological polar surface area (TPSA) is 59.9 Å². The molecule has 0 spiro atoms. The second-order valence-electron chi connectivity index (χ2n) is 4.00. The minimum Gasteiger partial charge on any atom is -0.481 e. The van der Waals surface area contributed by atoms with E-state index in [1.54, 1.807) is 13.3 Å². The lowest BCUT2D eigenvalue weighted by Gasteiger charge is -2.08. The SMILES string of the molecule is COc1cc(CNc2cc(C)nc(C)n2)ccn1. The number of nitrogens with one attached hydrogen (secondary N) is 1. The highest BCUT2D eigenvalue weighted by Gasteiger charge is 2.00. The van der Waals surface area contributed by atoms with Gasteiger partial charge in [0.2, 0.25) is 5.88 Å². The molecule has 0 radical (unpaired) electrons. The highest BCUT2D eigenvalue weighted by Crippen LogP contribution is 2.11. The zero-order valence-corrected chi connectivity index (χ0v) is 10.8. The lowest BCUT2D eigenvalue weighted by molar-refractivity contribution is 0.397. The van der Waals surface area contributed by atoms with Crippen molar-refractivity contribution in [2.24, 2.45) is 0 Å². The quantitative estimate of drug-likeness (QED) is 0.892. The molecule has 0 saturated carbocycles. The summed E-state index contributed by atoms with van der Waals surface area (Å²) < 4.78 is 5.08. The predicted octanol–water partition coefficient (Wildman–Crippen LogP) is 2.11. The Hall–Kier alpha value is -2.17. The molecule has 5 heteroatoms. The first-order valence-corrected chi connectivity index (χ1v) is 5.72. The summed E-state index contributed by atoms with van der Waals surface area (Å²) in [4.78, 5) is 12.6. The number of anilines is 1. The van der Waals surface area contributed by atoms with Crippen LogP contribution < -0.4 is 10.1 Å². The molecule has 2 aromatic heterocycles. The van der Waals surface area contributed by atoms with Crippen molar-refractivity contribution in [3.8, 4) is 5.88 Å². The maximum atomic E-state index is 5.08. The van der Waals surface area contributed by atoms with Gasteiger partial charge in [-0.15, -0.1) is 0 Å². The van der Waals surface area contributed by atoms with Crippen LogP contribution in [-0.4, -0.2) is 22.1 Å². The minimum atomic E-state index is 0.615. The number of hydrogen-bond donors (Lipinski definition) is 1. The fourth-order valence-corrected chi connectivity index (χ4v) is 1.67. The van der Waals surface area contributed by atoms with E-state index in [0.717, 1.165) is 22.9 Å². The molecule has 2 aromatic rings. The molecule has 0 aliphatic rings. The van der Waals surface area contributed by atoms with Crippen molar-refractivity contribution in [3.63, 3.8) is 0 Å². The van der Waals surface area contributed by atoms with Gasteiger partial charge in [0, 0.05) is 30.6 Å². The summed E-state index contributed by atoms with van der Waals surface area (Å²) in [7, 11) is 1.61. The van der Waals surface area contributed by atoms with Crippen LogP contribution in [0.5, 0.6) is 5.88 Å².